The van der Waals surface area contributed by atoms with Crippen molar-refractivity contribution in [2.24, 2.45) is 0 Å². The van der Waals surface area contributed by atoms with E-state index < -0.39 is 11.9 Å². The molecule has 2 N–H and O–H groups in total. The lowest BCUT2D eigenvalue weighted by Gasteiger charge is -2.03. The summed E-state index contributed by atoms with van der Waals surface area (Å²) < 4.78 is 0. The van der Waals surface area contributed by atoms with Crippen LogP contribution in [0.25, 0.3) is 0 Å². The van der Waals surface area contributed by atoms with Gasteiger partial charge >= 0.3 is 11.9 Å². The molecular formula is C24H24N2O4+. The van der Waals surface area contributed by atoms with Gasteiger partial charge in [-0.05, 0) is 54.9 Å². The lowest BCUT2D eigenvalue weighted by molar-refractivity contribution is -0.145. The first-order valence-electron chi connectivity index (χ1n) is 9.19. The first-order chi connectivity index (χ1) is 14.7. The van der Waals surface area contributed by atoms with Gasteiger partial charge in [0, 0.05) is 11.6 Å². The van der Waals surface area contributed by atoms with E-state index in [4.69, 9.17) is 9.68 Å². The molecule has 0 aliphatic rings. The van der Waals surface area contributed by atoms with Gasteiger partial charge in [0.05, 0.1) is 17.4 Å². The Morgan fingerprint density at radius 3 is 2.37 bits per heavy atom. The lowest BCUT2D eigenvalue weighted by Crippen LogP contribution is -2.18. The standard InChI is InChI=1S/C24H24N2O4/c1-3-5-8-13-23(27)29-25-19-11-7-10-12-21-15-17-22(18-16-21)20-26-30-24(28)14-9-6-4-2/h3-6,8-9,13-18,25-26H,19-20H2,1-2H3/q+1/b5-3+,6-4+,13-8+,14-9+. The monoisotopic (exact) mass is 404 g/mol. The van der Waals surface area contributed by atoms with Crippen molar-refractivity contribution in [3.05, 3.63) is 84.0 Å². The van der Waals surface area contributed by atoms with Crippen molar-refractivity contribution in [1.82, 2.24) is 11.0 Å². The molecule has 0 aliphatic carbocycles. The molecule has 6 nitrogen and oxygen atoms in total. The highest BCUT2D eigenvalue weighted by Crippen LogP contribution is 2.03. The molecule has 0 aliphatic heterocycles. The minimum Gasteiger partial charge on any atom is -0.367 e. The van der Waals surface area contributed by atoms with Crippen LogP contribution in [0.15, 0.2) is 72.9 Å². The highest BCUT2D eigenvalue weighted by Gasteiger charge is 2.10. The van der Waals surface area contributed by atoms with Gasteiger partial charge in [-0.15, -0.1) is 5.48 Å². The molecule has 0 bridgehead atoms. The first kappa shape index (κ1) is 24.2. The molecule has 1 radical (unpaired) electrons. The van der Waals surface area contributed by atoms with Crippen molar-refractivity contribution in [3.63, 3.8) is 0 Å². The Bertz CT molecular complexity index is 918. The quantitative estimate of drug-likeness (QED) is 0.165. The minimum absolute atomic E-state index is 0.172. The van der Waals surface area contributed by atoms with Crippen molar-refractivity contribution in [2.45, 2.75) is 20.4 Å². The van der Waals surface area contributed by atoms with Crippen LogP contribution in [-0.4, -0.2) is 18.5 Å². The van der Waals surface area contributed by atoms with E-state index in [2.05, 4.69) is 34.6 Å². The molecule has 1 aromatic carbocycles. The number of allylic oxidation sites excluding steroid dienone is 6. The fourth-order valence-corrected chi connectivity index (χ4v) is 1.79. The summed E-state index contributed by atoms with van der Waals surface area (Å²) in [6.45, 7) is 4.26. The zero-order valence-corrected chi connectivity index (χ0v) is 17.0. The molecule has 0 amide bonds. The molecule has 0 spiro atoms. The van der Waals surface area contributed by atoms with Crippen LogP contribution in [0.3, 0.4) is 0 Å². The molecule has 0 heterocycles. The van der Waals surface area contributed by atoms with Gasteiger partial charge in [-0.3, -0.25) is 0 Å². The molecule has 6 heteroatoms. The Morgan fingerprint density at radius 2 is 1.67 bits per heavy atom. The second kappa shape index (κ2) is 16.1. The Morgan fingerprint density at radius 1 is 0.967 bits per heavy atom. The molecule has 0 saturated heterocycles. The summed E-state index contributed by atoms with van der Waals surface area (Å²) in [6.07, 6.45) is 12.9. The number of benzene rings is 1. The zero-order valence-electron chi connectivity index (χ0n) is 17.0. The first-order valence-corrected chi connectivity index (χ1v) is 9.19. The minimum atomic E-state index is -0.504. The van der Waals surface area contributed by atoms with Gasteiger partial charge in [-0.2, -0.15) is 4.84 Å². The average Bonchev–Trinajstić information content (AvgIpc) is 2.74. The van der Waals surface area contributed by atoms with E-state index in [1.54, 1.807) is 30.4 Å². The normalized spacial score (nSPS) is 10.7. The van der Waals surface area contributed by atoms with Crippen LogP contribution < -0.4 is 11.0 Å². The van der Waals surface area contributed by atoms with E-state index in [1.165, 1.54) is 12.2 Å². The Balaban J connectivity index is 2.32. The smallest absolute Gasteiger partial charge is 0.367 e. The average molecular weight is 404 g/mol. The third kappa shape index (κ3) is 12.5. The van der Waals surface area contributed by atoms with Crippen LogP contribution in [0.4, 0.5) is 0 Å². The summed E-state index contributed by atoms with van der Waals surface area (Å²) in [5, 5.41) is 0. The van der Waals surface area contributed by atoms with Crippen LogP contribution in [0.5, 0.6) is 0 Å². The number of carbonyl (C=O) groups excluding carboxylic acids is 2. The zero-order chi connectivity index (χ0) is 21.9. The maximum Gasteiger partial charge on any atom is 0.623 e. The Kier molecular flexibility index (Phi) is 13.0. The number of hydrogen-bond acceptors (Lipinski definition) is 6. The summed E-state index contributed by atoms with van der Waals surface area (Å²) in [6, 6.07) is 7.43. The highest BCUT2D eigenvalue weighted by atomic mass is 16.7. The van der Waals surface area contributed by atoms with E-state index in [0.29, 0.717) is 6.54 Å². The van der Waals surface area contributed by atoms with Gasteiger partial charge in [0.15, 0.2) is 0 Å². The van der Waals surface area contributed by atoms with Crippen molar-refractivity contribution in [1.29, 1.82) is 0 Å². The van der Waals surface area contributed by atoms with Gasteiger partial charge in [0.1, 0.15) is 6.54 Å². The van der Waals surface area contributed by atoms with Crippen LogP contribution in [0.2, 0.25) is 0 Å². The fraction of sp³-hybridized carbons (Fsp3) is 0.167. The van der Waals surface area contributed by atoms with Crippen molar-refractivity contribution >= 4 is 11.9 Å². The molecule has 1 rings (SSSR count). The summed E-state index contributed by atoms with van der Waals surface area (Å²) in [4.78, 5) is 32.3. The number of hydroxylamine groups is 2. The molecule has 0 aromatic heterocycles. The molecule has 30 heavy (non-hydrogen) atoms. The number of carbonyl (C=O) groups is 2. The predicted molar refractivity (Wildman–Crippen MR) is 116 cm³/mol. The predicted octanol–water partition coefficient (Wildman–Crippen LogP) is 2.90. The Labute approximate surface area is 177 Å². The van der Waals surface area contributed by atoms with E-state index >= 15 is 0 Å². The molecule has 1 aromatic rings. The maximum absolute atomic E-state index is 11.4. The van der Waals surface area contributed by atoms with Crippen LogP contribution in [-0.2, 0) is 25.8 Å². The van der Waals surface area contributed by atoms with Crippen molar-refractivity contribution in [2.75, 3.05) is 6.54 Å². The molecule has 153 valence electrons. The summed E-state index contributed by atoms with van der Waals surface area (Å²) in [5.74, 6) is 10.1. The fourth-order valence-electron chi connectivity index (χ4n) is 1.79. The molecular weight excluding hydrogens is 380 g/mol. The van der Waals surface area contributed by atoms with Crippen LogP contribution in [0, 0.1) is 23.7 Å². The SMILES string of the molecule is C/C=C/C=C/C(=O)ONCc1ccc(C#CC#CCNOC(=[O+])/C=C/C=C/C)cc1. The van der Waals surface area contributed by atoms with Crippen LogP contribution >= 0.6 is 0 Å². The molecule has 0 atom stereocenters. The van der Waals surface area contributed by atoms with Crippen molar-refractivity contribution in [3.8, 4) is 23.7 Å². The van der Waals surface area contributed by atoms with Gasteiger partial charge in [0.2, 0.25) is 0 Å². The van der Waals surface area contributed by atoms with Crippen LogP contribution in [0.1, 0.15) is 25.0 Å². The molecule has 0 saturated carbocycles. The van der Waals surface area contributed by atoms with Crippen molar-refractivity contribution < 1.29 is 19.3 Å². The largest absolute Gasteiger partial charge is 0.623 e. The second-order valence-corrected chi connectivity index (χ2v) is 5.50. The van der Waals surface area contributed by atoms with Gasteiger partial charge < -0.3 is 4.84 Å². The topological polar surface area (TPSA) is 79.5 Å². The number of rotatable bonds is 9. The maximum atomic E-state index is 11.4. The summed E-state index contributed by atoms with van der Waals surface area (Å²) in [5.41, 5.74) is 6.79. The van der Waals surface area contributed by atoms with Gasteiger partial charge in [-0.25, -0.2) is 4.79 Å². The molecule has 0 fully saturated rings. The van der Waals surface area contributed by atoms with E-state index in [9.17, 15) is 9.59 Å². The summed E-state index contributed by atoms with van der Waals surface area (Å²) >= 11 is 0. The molecule has 0 unspecified atom stereocenters. The van der Waals surface area contributed by atoms with E-state index in [-0.39, 0.29) is 6.54 Å². The third-order valence-corrected chi connectivity index (χ3v) is 3.17. The third-order valence-electron chi connectivity index (χ3n) is 3.17. The second-order valence-electron chi connectivity index (χ2n) is 5.50. The highest BCUT2D eigenvalue weighted by molar-refractivity contribution is 5.82. The van der Waals surface area contributed by atoms with Gasteiger partial charge in [-0.1, -0.05) is 54.4 Å². The number of nitrogens with one attached hydrogen (secondary N) is 2. The van der Waals surface area contributed by atoms with E-state index in [0.717, 1.165) is 11.1 Å². The number of hydrogen-bond donors (Lipinski definition) is 2. The van der Waals surface area contributed by atoms with Gasteiger partial charge in [0.25, 0.3) is 0 Å². The summed E-state index contributed by atoms with van der Waals surface area (Å²) in [7, 11) is 0. The van der Waals surface area contributed by atoms with E-state index in [1.807, 2.05) is 44.2 Å². The Hall–Kier alpha value is -3.84. The lowest BCUT2D eigenvalue weighted by atomic mass is 10.1.